The molecule has 0 aliphatic heterocycles. The molecule has 5 nitrogen and oxygen atoms in total. The van der Waals surface area contributed by atoms with Gasteiger partial charge in [-0.3, -0.25) is 4.79 Å². The normalized spacial score (nSPS) is 14.7. The number of benzene rings is 1. The first-order valence-corrected chi connectivity index (χ1v) is 5.91. The van der Waals surface area contributed by atoms with Gasteiger partial charge in [-0.1, -0.05) is 6.07 Å². The van der Waals surface area contributed by atoms with E-state index in [1.807, 2.05) is 18.3 Å². The molecule has 1 fully saturated rings. The lowest BCUT2D eigenvalue weighted by Crippen LogP contribution is -2.15. The first-order valence-electron chi connectivity index (χ1n) is 5.91. The van der Waals surface area contributed by atoms with E-state index < -0.39 is 5.91 Å². The minimum absolute atomic E-state index is 0.330. The summed E-state index contributed by atoms with van der Waals surface area (Å²) in [5.41, 5.74) is 13.7. The molecule has 5 heteroatoms. The van der Waals surface area contributed by atoms with Gasteiger partial charge in [0.1, 0.15) is 0 Å². The van der Waals surface area contributed by atoms with Gasteiger partial charge >= 0.3 is 0 Å². The lowest BCUT2D eigenvalue weighted by Gasteiger charge is -2.08. The standard InChI is InChI=1S/C13H14N4O/c14-12-9(13(15)18)2-1-3-11(12)17-7-6-10(16-17)8-4-5-8/h1-3,6-8H,4-5,14H2,(H2,15,18). The Hall–Kier alpha value is -2.30. The highest BCUT2D eigenvalue weighted by molar-refractivity contribution is 5.99. The SMILES string of the molecule is NC(=O)c1cccc(-n2ccc(C3CC3)n2)c1N. The molecule has 92 valence electrons. The summed E-state index contributed by atoms with van der Waals surface area (Å²) in [6.45, 7) is 0. The number of nitrogens with zero attached hydrogens (tertiary/aromatic N) is 2. The van der Waals surface area contributed by atoms with E-state index in [0.29, 0.717) is 22.9 Å². The van der Waals surface area contributed by atoms with Gasteiger partial charge in [-0.05, 0) is 31.0 Å². The fourth-order valence-corrected chi connectivity index (χ4v) is 2.04. The van der Waals surface area contributed by atoms with E-state index in [4.69, 9.17) is 11.5 Å². The van der Waals surface area contributed by atoms with Crippen LogP contribution in [0.1, 0.15) is 34.8 Å². The number of amides is 1. The minimum Gasteiger partial charge on any atom is -0.396 e. The summed E-state index contributed by atoms with van der Waals surface area (Å²) in [6.07, 6.45) is 4.27. The molecule has 2 aromatic rings. The molecule has 1 aromatic carbocycles. The molecular formula is C13H14N4O. The van der Waals surface area contributed by atoms with Crippen molar-refractivity contribution in [2.45, 2.75) is 18.8 Å². The van der Waals surface area contributed by atoms with Crippen LogP contribution in [-0.2, 0) is 0 Å². The maximum atomic E-state index is 11.2. The number of hydrogen-bond acceptors (Lipinski definition) is 3. The molecule has 1 heterocycles. The van der Waals surface area contributed by atoms with Crippen LogP contribution in [0.4, 0.5) is 5.69 Å². The molecule has 0 unspecified atom stereocenters. The smallest absolute Gasteiger partial charge is 0.250 e. The Morgan fingerprint density at radius 2 is 2.11 bits per heavy atom. The van der Waals surface area contributed by atoms with Crippen molar-refractivity contribution in [2.24, 2.45) is 5.73 Å². The van der Waals surface area contributed by atoms with Gasteiger partial charge in [-0.15, -0.1) is 0 Å². The van der Waals surface area contributed by atoms with E-state index in [2.05, 4.69) is 5.10 Å². The lowest BCUT2D eigenvalue weighted by molar-refractivity contribution is 0.100. The van der Waals surface area contributed by atoms with Crippen molar-refractivity contribution in [2.75, 3.05) is 5.73 Å². The zero-order valence-electron chi connectivity index (χ0n) is 9.84. The number of anilines is 1. The number of carbonyl (C=O) groups excluding carboxylic acids is 1. The van der Waals surface area contributed by atoms with Crippen LogP contribution >= 0.6 is 0 Å². The molecule has 0 radical (unpaired) electrons. The second-order valence-corrected chi connectivity index (χ2v) is 4.56. The zero-order chi connectivity index (χ0) is 12.7. The number of rotatable bonds is 3. The van der Waals surface area contributed by atoms with Crippen molar-refractivity contribution in [1.29, 1.82) is 0 Å². The van der Waals surface area contributed by atoms with Crippen molar-refractivity contribution >= 4 is 11.6 Å². The van der Waals surface area contributed by atoms with Crippen LogP contribution in [0.5, 0.6) is 0 Å². The number of aromatic nitrogens is 2. The fourth-order valence-electron chi connectivity index (χ4n) is 2.04. The number of nitrogen functional groups attached to an aromatic ring is 1. The largest absolute Gasteiger partial charge is 0.396 e. The third-order valence-corrected chi connectivity index (χ3v) is 3.20. The lowest BCUT2D eigenvalue weighted by atomic mass is 10.1. The summed E-state index contributed by atoms with van der Waals surface area (Å²) in [7, 11) is 0. The third-order valence-electron chi connectivity index (χ3n) is 3.20. The maximum Gasteiger partial charge on any atom is 0.250 e. The second-order valence-electron chi connectivity index (χ2n) is 4.56. The molecule has 0 bridgehead atoms. The number of carbonyl (C=O) groups is 1. The van der Waals surface area contributed by atoms with Crippen LogP contribution in [0.3, 0.4) is 0 Å². The van der Waals surface area contributed by atoms with Crippen LogP contribution < -0.4 is 11.5 Å². The Labute approximate surface area is 104 Å². The zero-order valence-corrected chi connectivity index (χ0v) is 9.84. The number of hydrogen-bond donors (Lipinski definition) is 2. The molecule has 4 N–H and O–H groups in total. The summed E-state index contributed by atoms with van der Waals surface area (Å²) in [6, 6.07) is 7.19. The summed E-state index contributed by atoms with van der Waals surface area (Å²) in [5.74, 6) is 0.0655. The van der Waals surface area contributed by atoms with Crippen LogP contribution in [0.2, 0.25) is 0 Å². The van der Waals surface area contributed by atoms with Crippen LogP contribution in [-0.4, -0.2) is 15.7 Å². The van der Waals surface area contributed by atoms with Crippen LogP contribution in [0.25, 0.3) is 5.69 Å². The highest BCUT2D eigenvalue weighted by Crippen LogP contribution is 2.39. The van der Waals surface area contributed by atoms with E-state index in [-0.39, 0.29) is 0 Å². The van der Waals surface area contributed by atoms with Gasteiger partial charge in [0, 0.05) is 12.1 Å². The highest BCUT2D eigenvalue weighted by Gasteiger charge is 2.26. The summed E-state index contributed by atoms with van der Waals surface area (Å²) in [5, 5.41) is 4.49. The van der Waals surface area contributed by atoms with E-state index in [9.17, 15) is 4.79 Å². The fraction of sp³-hybridized carbons (Fsp3) is 0.231. The van der Waals surface area contributed by atoms with E-state index in [1.54, 1.807) is 16.8 Å². The van der Waals surface area contributed by atoms with Crippen LogP contribution in [0.15, 0.2) is 30.5 Å². The van der Waals surface area contributed by atoms with Crippen molar-refractivity contribution in [3.8, 4) is 5.69 Å². The molecule has 1 amide bonds. The Balaban J connectivity index is 2.04. The molecule has 1 saturated carbocycles. The predicted octanol–water partition coefficient (Wildman–Crippen LogP) is 1.43. The summed E-state index contributed by atoms with van der Waals surface area (Å²) < 4.78 is 1.70. The molecule has 3 rings (SSSR count). The Kier molecular flexibility index (Phi) is 2.33. The van der Waals surface area contributed by atoms with Gasteiger partial charge in [-0.2, -0.15) is 5.10 Å². The van der Waals surface area contributed by atoms with E-state index >= 15 is 0 Å². The van der Waals surface area contributed by atoms with Gasteiger partial charge < -0.3 is 11.5 Å². The Morgan fingerprint density at radius 3 is 2.78 bits per heavy atom. The second kappa shape index (κ2) is 3.87. The molecule has 0 saturated heterocycles. The molecule has 1 aromatic heterocycles. The quantitative estimate of drug-likeness (QED) is 0.798. The average Bonchev–Trinajstić information content (AvgIpc) is 3.08. The number of primary amides is 1. The molecule has 0 spiro atoms. The van der Waals surface area contributed by atoms with Crippen molar-refractivity contribution in [1.82, 2.24) is 9.78 Å². The van der Waals surface area contributed by atoms with Gasteiger partial charge in [0.05, 0.1) is 22.6 Å². The van der Waals surface area contributed by atoms with Crippen molar-refractivity contribution in [3.63, 3.8) is 0 Å². The van der Waals surface area contributed by atoms with Gasteiger partial charge in [0.2, 0.25) is 0 Å². The third kappa shape index (κ3) is 1.73. The Morgan fingerprint density at radius 1 is 1.33 bits per heavy atom. The van der Waals surface area contributed by atoms with Gasteiger partial charge in [-0.25, -0.2) is 4.68 Å². The first-order chi connectivity index (χ1) is 8.66. The van der Waals surface area contributed by atoms with E-state index in [1.165, 1.54) is 12.8 Å². The average molecular weight is 242 g/mol. The molecule has 18 heavy (non-hydrogen) atoms. The maximum absolute atomic E-state index is 11.2. The van der Waals surface area contributed by atoms with Gasteiger partial charge in [0.15, 0.2) is 0 Å². The number of nitrogens with two attached hydrogens (primary N) is 2. The monoisotopic (exact) mass is 242 g/mol. The summed E-state index contributed by atoms with van der Waals surface area (Å²) in [4.78, 5) is 11.2. The molecule has 1 aliphatic carbocycles. The summed E-state index contributed by atoms with van der Waals surface area (Å²) >= 11 is 0. The van der Waals surface area contributed by atoms with Gasteiger partial charge in [0.25, 0.3) is 5.91 Å². The molecular weight excluding hydrogens is 228 g/mol. The van der Waals surface area contributed by atoms with E-state index in [0.717, 1.165) is 5.69 Å². The molecule has 0 atom stereocenters. The minimum atomic E-state index is -0.524. The predicted molar refractivity (Wildman–Crippen MR) is 68.5 cm³/mol. The van der Waals surface area contributed by atoms with Crippen molar-refractivity contribution in [3.05, 3.63) is 41.7 Å². The highest BCUT2D eigenvalue weighted by atomic mass is 16.1. The Bertz CT molecular complexity index is 613. The first kappa shape index (κ1) is 10.8. The molecule has 1 aliphatic rings. The van der Waals surface area contributed by atoms with Crippen LogP contribution in [0, 0.1) is 0 Å². The number of para-hydroxylation sites is 1. The topological polar surface area (TPSA) is 86.9 Å². The van der Waals surface area contributed by atoms with Crippen molar-refractivity contribution < 1.29 is 4.79 Å².